The predicted octanol–water partition coefficient (Wildman–Crippen LogP) is 1.29. The van der Waals surface area contributed by atoms with E-state index in [0.29, 0.717) is 25.6 Å². The Bertz CT molecular complexity index is 401. The smallest absolute Gasteiger partial charge is 0.234 e. The number of hydrogen-bond donors (Lipinski definition) is 2. The highest BCUT2D eigenvalue weighted by molar-refractivity contribution is 5.78. The molecule has 1 amide bonds. The number of furan rings is 1. The monoisotopic (exact) mass is 267 g/mol. The fourth-order valence-electron chi connectivity index (χ4n) is 1.86. The van der Waals surface area contributed by atoms with Crippen molar-refractivity contribution >= 4 is 5.91 Å². The van der Waals surface area contributed by atoms with E-state index >= 15 is 0 Å². The van der Waals surface area contributed by atoms with E-state index in [2.05, 4.69) is 19.2 Å². The Hall–Kier alpha value is -1.33. The molecular weight excluding hydrogens is 242 g/mol. The molecule has 0 aliphatic heterocycles. The number of amides is 1. The molecule has 1 aromatic heterocycles. The van der Waals surface area contributed by atoms with Gasteiger partial charge in [0.1, 0.15) is 11.5 Å². The van der Waals surface area contributed by atoms with Gasteiger partial charge in [-0.1, -0.05) is 13.8 Å². The van der Waals surface area contributed by atoms with E-state index in [4.69, 9.17) is 10.2 Å². The van der Waals surface area contributed by atoms with Crippen molar-refractivity contribution in [2.45, 2.75) is 26.8 Å². The summed E-state index contributed by atoms with van der Waals surface area (Å²) in [7, 11) is 1.88. The quantitative estimate of drug-likeness (QED) is 0.781. The summed E-state index contributed by atoms with van der Waals surface area (Å²) in [5, 5.41) is 2.90. The van der Waals surface area contributed by atoms with Gasteiger partial charge < -0.3 is 15.5 Å². The first kappa shape index (κ1) is 15.7. The molecule has 1 rings (SSSR count). The lowest BCUT2D eigenvalue weighted by Crippen LogP contribution is -2.40. The lowest BCUT2D eigenvalue weighted by molar-refractivity contribution is -0.122. The second kappa shape index (κ2) is 7.31. The third kappa shape index (κ3) is 5.04. The number of carbonyl (C=O) groups excluding carboxylic acids is 1. The van der Waals surface area contributed by atoms with Gasteiger partial charge in [0.25, 0.3) is 0 Å². The van der Waals surface area contributed by atoms with Crippen molar-refractivity contribution in [1.82, 2.24) is 10.2 Å². The molecule has 0 aromatic carbocycles. The zero-order chi connectivity index (χ0) is 14.4. The van der Waals surface area contributed by atoms with Crippen LogP contribution in [0.3, 0.4) is 0 Å². The van der Waals surface area contributed by atoms with Crippen LogP contribution in [0.5, 0.6) is 0 Å². The van der Waals surface area contributed by atoms with Crippen LogP contribution < -0.4 is 11.1 Å². The Morgan fingerprint density at radius 3 is 2.63 bits per heavy atom. The van der Waals surface area contributed by atoms with E-state index in [-0.39, 0.29) is 11.9 Å². The number of likely N-dealkylation sites (N-methyl/N-ethyl adjacent to an activating group) is 1. The fraction of sp³-hybridized carbons (Fsp3) is 0.643. The Labute approximate surface area is 115 Å². The molecule has 1 heterocycles. The van der Waals surface area contributed by atoms with Crippen molar-refractivity contribution in [1.29, 1.82) is 0 Å². The van der Waals surface area contributed by atoms with Crippen LogP contribution in [0.4, 0.5) is 0 Å². The van der Waals surface area contributed by atoms with Crippen molar-refractivity contribution in [3.8, 4) is 0 Å². The Morgan fingerprint density at radius 1 is 1.47 bits per heavy atom. The van der Waals surface area contributed by atoms with Crippen LogP contribution in [-0.2, 0) is 4.79 Å². The molecule has 108 valence electrons. The molecule has 0 aliphatic rings. The molecule has 0 radical (unpaired) electrons. The van der Waals surface area contributed by atoms with E-state index in [1.54, 1.807) is 0 Å². The second-order valence-electron chi connectivity index (χ2n) is 5.31. The van der Waals surface area contributed by atoms with Crippen LogP contribution in [0.15, 0.2) is 16.5 Å². The maximum atomic E-state index is 11.8. The standard InChI is InChI=1S/C14H25N3O2/c1-10(2)8-16-14(18)9-17(4)12(7-15)13-6-5-11(3)19-13/h5-6,10,12H,7-9,15H2,1-4H3,(H,16,18). The fourth-order valence-corrected chi connectivity index (χ4v) is 1.86. The van der Waals surface area contributed by atoms with E-state index in [1.165, 1.54) is 0 Å². The summed E-state index contributed by atoms with van der Waals surface area (Å²) in [6.45, 7) is 7.46. The molecule has 0 saturated carbocycles. The van der Waals surface area contributed by atoms with Gasteiger partial charge in [-0.05, 0) is 32.0 Å². The Balaban J connectivity index is 2.54. The van der Waals surface area contributed by atoms with Gasteiger partial charge in [0, 0.05) is 13.1 Å². The van der Waals surface area contributed by atoms with Gasteiger partial charge in [-0.25, -0.2) is 0 Å². The highest BCUT2D eigenvalue weighted by atomic mass is 16.3. The van der Waals surface area contributed by atoms with Crippen molar-refractivity contribution in [2.24, 2.45) is 11.7 Å². The number of hydrogen-bond acceptors (Lipinski definition) is 4. The summed E-state index contributed by atoms with van der Waals surface area (Å²) in [6, 6.07) is 3.75. The van der Waals surface area contributed by atoms with E-state index < -0.39 is 0 Å². The number of nitrogens with two attached hydrogens (primary N) is 1. The molecule has 0 spiro atoms. The van der Waals surface area contributed by atoms with Gasteiger partial charge in [0.2, 0.25) is 5.91 Å². The van der Waals surface area contributed by atoms with Gasteiger partial charge >= 0.3 is 0 Å². The first-order chi connectivity index (χ1) is 8.93. The summed E-state index contributed by atoms with van der Waals surface area (Å²) in [6.07, 6.45) is 0. The first-order valence-corrected chi connectivity index (χ1v) is 6.67. The summed E-state index contributed by atoms with van der Waals surface area (Å²) < 4.78 is 5.58. The molecule has 5 heteroatoms. The molecule has 3 N–H and O–H groups in total. The van der Waals surface area contributed by atoms with Crippen LogP contribution in [0, 0.1) is 12.8 Å². The molecular formula is C14H25N3O2. The summed E-state index contributed by atoms with van der Waals surface area (Å²) in [4.78, 5) is 13.7. The van der Waals surface area contributed by atoms with Crippen LogP contribution in [0.2, 0.25) is 0 Å². The number of nitrogens with one attached hydrogen (secondary N) is 1. The molecule has 0 aliphatic carbocycles. The highest BCUT2D eigenvalue weighted by Gasteiger charge is 2.20. The minimum atomic E-state index is -0.0708. The molecule has 0 bridgehead atoms. The third-order valence-electron chi connectivity index (χ3n) is 2.95. The van der Waals surface area contributed by atoms with Gasteiger partial charge in [-0.2, -0.15) is 0 Å². The summed E-state index contributed by atoms with van der Waals surface area (Å²) in [5.41, 5.74) is 5.78. The maximum Gasteiger partial charge on any atom is 0.234 e. The van der Waals surface area contributed by atoms with Crippen LogP contribution in [0.25, 0.3) is 0 Å². The molecule has 0 saturated heterocycles. The highest BCUT2D eigenvalue weighted by Crippen LogP contribution is 2.20. The minimum Gasteiger partial charge on any atom is -0.465 e. The van der Waals surface area contributed by atoms with Gasteiger partial charge in [-0.3, -0.25) is 9.69 Å². The molecule has 1 aromatic rings. The number of carbonyl (C=O) groups is 1. The van der Waals surface area contributed by atoms with Gasteiger partial charge in [0.05, 0.1) is 12.6 Å². The first-order valence-electron chi connectivity index (χ1n) is 6.67. The minimum absolute atomic E-state index is 0.0120. The maximum absolute atomic E-state index is 11.8. The lowest BCUT2D eigenvalue weighted by atomic mass is 10.2. The van der Waals surface area contributed by atoms with Crippen molar-refractivity contribution in [3.63, 3.8) is 0 Å². The Kier molecular flexibility index (Phi) is 6.05. The van der Waals surface area contributed by atoms with Crippen molar-refractivity contribution in [2.75, 3.05) is 26.7 Å². The zero-order valence-corrected chi connectivity index (χ0v) is 12.3. The summed E-state index contributed by atoms with van der Waals surface area (Å²) in [5.74, 6) is 2.12. The Morgan fingerprint density at radius 2 is 2.16 bits per heavy atom. The third-order valence-corrected chi connectivity index (χ3v) is 2.95. The summed E-state index contributed by atoms with van der Waals surface area (Å²) >= 11 is 0. The zero-order valence-electron chi connectivity index (χ0n) is 12.3. The van der Waals surface area contributed by atoms with E-state index in [0.717, 1.165) is 11.5 Å². The number of nitrogens with zero attached hydrogens (tertiary/aromatic N) is 1. The molecule has 0 fully saturated rings. The topological polar surface area (TPSA) is 71.5 Å². The van der Waals surface area contributed by atoms with E-state index in [1.807, 2.05) is 31.0 Å². The molecule has 1 atom stereocenters. The number of rotatable bonds is 7. The average Bonchev–Trinajstić information content (AvgIpc) is 2.74. The molecule has 5 nitrogen and oxygen atoms in total. The molecule has 19 heavy (non-hydrogen) atoms. The van der Waals surface area contributed by atoms with Crippen LogP contribution in [-0.4, -0.2) is 37.5 Å². The predicted molar refractivity (Wildman–Crippen MR) is 75.7 cm³/mol. The van der Waals surface area contributed by atoms with Gasteiger partial charge in [-0.15, -0.1) is 0 Å². The normalized spacial score (nSPS) is 13.0. The van der Waals surface area contributed by atoms with Crippen LogP contribution in [0.1, 0.15) is 31.4 Å². The van der Waals surface area contributed by atoms with Crippen molar-refractivity contribution < 1.29 is 9.21 Å². The SMILES string of the molecule is Cc1ccc(C(CN)N(C)CC(=O)NCC(C)C)o1. The molecule has 1 unspecified atom stereocenters. The van der Waals surface area contributed by atoms with Crippen LogP contribution >= 0.6 is 0 Å². The number of aryl methyl sites for hydroxylation is 1. The second-order valence-corrected chi connectivity index (χ2v) is 5.31. The van der Waals surface area contributed by atoms with Crippen molar-refractivity contribution in [3.05, 3.63) is 23.7 Å². The van der Waals surface area contributed by atoms with Gasteiger partial charge in [0.15, 0.2) is 0 Å². The largest absolute Gasteiger partial charge is 0.465 e. The lowest BCUT2D eigenvalue weighted by Gasteiger charge is -2.24. The van der Waals surface area contributed by atoms with E-state index in [9.17, 15) is 4.79 Å². The average molecular weight is 267 g/mol.